The zero-order valence-corrected chi connectivity index (χ0v) is 6.13. The van der Waals surface area contributed by atoms with Crippen LogP contribution in [0.15, 0.2) is 0 Å². The van der Waals surface area contributed by atoms with Gasteiger partial charge in [-0.1, -0.05) is 0 Å². The van der Waals surface area contributed by atoms with Crippen molar-refractivity contribution in [2.24, 2.45) is 11.7 Å². The Morgan fingerprint density at radius 2 is 2.20 bits per heavy atom. The van der Waals surface area contributed by atoms with Crippen molar-refractivity contribution >= 4 is 18.4 Å². The van der Waals surface area contributed by atoms with Crippen LogP contribution >= 0.6 is 12.4 Å². The number of hydrogen-bond donors (Lipinski definition) is 2. The lowest BCUT2D eigenvalue weighted by Gasteiger charge is -2.04. The van der Waals surface area contributed by atoms with Gasteiger partial charge < -0.3 is 15.6 Å². The van der Waals surface area contributed by atoms with Crippen LogP contribution < -0.4 is 5.73 Å². The fourth-order valence-electron chi connectivity index (χ4n) is 0.825. The molecule has 0 spiro atoms. The van der Waals surface area contributed by atoms with E-state index in [1.165, 1.54) is 0 Å². The molecule has 1 heterocycles. The van der Waals surface area contributed by atoms with Crippen molar-refractivity contribution in [2.75, 3.05) is 13.2 Å². The second-order valence-electron chi connectivity index (χ2n) is 2.15. The Balaban J connectivity index is 0.000000810. The highest BCUT2D eigenvalue weighted by Crippen LogP contribution is 2.10. The Morgan fingerprint density at radius 1 is 1.60 bits per heavy atom. The summed E-state index contributed by atoms with van der Waals surface area (Å²) >= 11 is 0. The van der Waals surface area contributed by atoms with E-state index in [2.05, 4.69) is 0 Å². The molecule has 1 aliphatic heterocycles. The molecule has 10 heavy (non-hydrogen) atoms. The minimum Gasteiger partial charge on any atom is -0.481 e. The molecule has 0 aromatic rings. The lowest BCUT2D eigenvalue weighted by atomic mass is 10.1. The summed E-state index contributed by atoms with van der Waals surface area (Å²) in [4.78, 5) is 10.3. The number of halogens is 1. The number of carboxylic acid groups (broad SMARTS) is 1. The minimum atomic E-state index is -0.861. The van der Waals surface area contributed by atoms with Gasteiger partial charge in [-0.2, -0.15) is 0 Å². The Kier molecular flexibility index (Phi) is 3.63. The molecule has 4 nitrogen and oxygen atoms in total. The monoisotopic (exact) mass is 167 g/mol. The first kappa shape index (κ1) is 9.68. The first-order valence-corrected chi connectivity index (χ1v) is 2.78. The maximum absolute atomic E-state index is 10.3. The number of carboxylic acids is 1. The Morgan fingerprint density at radius 3 is 2.40 bits per heavy atom. The van der Waals surface area contributed by atoms with Crippen LogP contribution in [0.25, 0.3) is 0 Å². The molecule has 1 aliphatic rings. The molecular formula is C5H10ClNO3. The van der Waals surface area contributed by atoms with Crippen molar-refractivity contribution < 1.29 is 14.6 Å². The standard InChI is InChI=1S/C5H9NO3.ClH/c6-4-2-9-1-3(4)5(7)8;/h3-4H,1-2,6H2,(H,7,8);1H. The van der Waals surface area contributed by atoms with E-state index in [4.69, 9.17) is 15.6 Å². The van der Waals surface area contributed by atoms with E-state index < -0.39 is 11.9 Å². The van der Waals surface area contributed by atoms with Crippen LogP contribution in [0.5, 0.6) is 0 Å². The quantitative estimate of drug-likeness (QED) is 0.551. The summed E-state index contributed by atoms with van der Waals surface area (Å²) in [5.74, 6) is -1.36. The lowest BCUT2D eigenvalue weighted by molar-refractivity contribution is -0.141. The molecule has 0 aromatic carbocycles. The molecule has 3 N–H and O–H groups in total. The summed E-state index contributed by atoms with van der Waals surface area (Å²) in [5.41, 5.74) is 5.37. The van der Waals surface area contributed by atoms with E-state index in [9.17, 15) is 4.79 Å². The van der Waals surface area contributed by atoms with Gasteiger partial charge in [-0.3, -0.25) is 4.79 Å². The average Bonchev–Trinajstić information content (AvgIpc) is 2.13. The second-order valence-corrected chi connectivity index (χ2v) is 2.15. The Labute approximate surface area is 64.8 Å². The Bertz CT molecular complexity index is 130. The number of nitrogens with two attached hydrogens (primary N) is 1. The van der Waals surface area contributed by atoms with E-state index in [0.717, 1.165) is 0 Å². The Hall–Kier alpha value is -0.320. The van der Waals surface area contributed by atoms with Crippen LogP contribution in [0.2, 0.25) is 0 Å². The number of aliphatic carboxylic acids is 1. The van der Waals surface area contributed by atoms with Crippen LogP contribution in [-0.2, 0) is 9.53 Å². The summed E-state index contributed by atoms with van der Waals surface area (Å²) in [6.45, 7) is 0.632. The molecule has 1 fully saturated rings. The predicted molar refractivity (Wildman–Crippen MR) is 37.2 cm³/mol. The van der Waals surface area contributed by atoms with Crippen molar-refractivity contribution in [3.8, 4) is 0 Å². The third kappa shape index (κ3) is 1.83. The fourth-order valence-corrected chi connectivity index (χ4v) is 0.825. The summed E-state index contributed by atoms with van der Waals surface area (Å²) in [5, 5.41) is 8.42. The normalized spacial score (nSPS) is 31.3. The van der Waals surface area contributed by atoms with Crippen LogP contribution in [0.1, 0.15) is 0 Å². The van der Waals surface area contributed by atoms with Crippen LogP contribution in [-0.4, -0.2) is 30.3 Å². The number of carbonyl (C=O) groups is 1. The highest BCUT2D eigenvalue weighted by atomic mass is 35.5. The number of ether oxygens (including phenoxy) is 1. The summed E-state index contributed by atoms with van der Waals surface area (Å²) in [6, 6.07) is -0.317. The minimum absolute atomic E-state index is 0. The smallest absolute Gasteiger partial charge is 0.310 e. The molecule has 0 saturated carbocycles. The van der Waals surface area contributed by atoms with Crippen LogP contribution in [0.3, 0.4) is 0 Å². The first-order valence-electron chi connectivity index (χ1n) is 2.78. The maximum Gasteiger partial charge on any atom is 0.310 e. The predicted octanol–water partition coefficient (Wildman–Crippen LogP) is -0.534. The number of rotatable bonds is 1. The van der Waals surface area contributed by atoms with Gasteiger partial charge in [0.2, 0.25) is 0 Å². The zero-order valence-electron chi connectivity index (χ0n) is 5.32. The highest BCUT2D eigenvalue weighted by Gasteiger charge is 2.30. The second kappa shape index (κ2) is 3.75. The van der Waals surface area contributed by atoms with E-state index in [1.54, 1.807) is 0 Å². The van der Waals surface area contributed by atoms with Gasteiger partial charge in [0.25, 0.3) is 0 Å². The van der Waals surface area contributed by atoms with Crippen molar-refractivity contribution in [1.82, 2.24) is 0 Å². The van der Waals surface area contributed by atoms with E-state index in [0.29, 0.717) is 6.61 Å². The summed E-state index contributed by atoms with van der Waals surface area (Å²) < 4.78 is 4.82. The maximum atomic E-state index is 10.3. The molecular weight excluding hydrogens is 158 g/mol. The van der Waals surface area contributed by atoms with E-state index >= 15 is 0 Å². The molecule has 0 aromatic heterocycles. The fraction of sp³-hybridized carbons (Fsp3) is 0.800. The molecule has 60 valence electrons. The van der Waals surface area contributed by atoms with Crippen molar-refractivity contribution in [3.63, 3.8) is 0 Å². The molecule has 2 atom stereocenters. The van der Waals surface area contributed by atoms with E-state index in [1.807, 2.05) is 0 Å². The molecule has 0 aliphatic carbocycles. The van der Waals surface area contributed by atoms with Crippen molar-refractivity contribution in [3.05, 3.63) is 0 Å². The zero-order chi connectivity index (χ0) is 6.85. The van der Waals surface area contributed by atoms with Gasteiger partial charge in [-0.25, -0.2) is 0 Å². The van der Waals surface area contributed by atoms with Gasteiger partial charge in [0, 0.05) is 6.04 Å². The first-order chi connectivity index (χ1) is 4.22. The molecule has 1 rings (SSSR count). The van der Waals surface area contributed by atoms with Gasteiger partial charge in [-0.15, -0.1) is 12.4 Å². The summed E-state index contributed by atoms with van der Waals surface area (Å²) in [7, 11) is 0. The summed E-state index contributed by atoms with van der Waals surface area (Å²) in [6.07, 6.45) is 0. The van der Waals surface area contributed by atoms with Gasteiger partial charge in [0.05, 0.1) is 19.1 Å². The molecule has 0 amide bonds. The molecule has 0 radical (unpaired) electrons. The van der Waals surface area contributed by atoms with Gasteiger partial charge in [0.1, 0.15) is 0 Å². The molecule has 2 unspecified atom stereocenters. The van der Waals surface area contributed by atoms with Crippen molar-refractivity contribution in [1.29, 1.82) is 0 Å². The third-order valence-electron chi connectivity index (χ3n) is 1.44. The molecule has 1 saturated heterocycles. The SMILES string of the molecule is Cl.NC1COCC1C(=O)O. The highest BCUT2D eigenvalue weighted by molar-refractivity contribution is 5.85. The largest absolute Gasteiger partial charge is 0.481 e. The van der Waals surface area contributed by atoms with Gasteiger partial charge >= 0.3 is 5.97 Å². The third-order valence-corrected chi connectivity index (χ3v) is 1.44. The van der Waals surface area contributed by atoms with Gasteiger partial charge in [0.15, 0.2) is 0 Å². The van der Waals surface area contributed by atoms with E-state index in [-0.39, 0.29) is 25.1 Å². The van der Waals surface area contributed by atoms with Crippen LogP contribution in [0, 0.1) is 5.92 Å². The lowest BCUT2D eigenvalue weighted by Crippen LogP contribution is -2.33. The van der Waals surface area contributed by atoms with Crippen molar-refractivity contribution in [2.45, 2.75) is 6.04 Å². The molecule has 5 heteroatoms. The van der Waals surface area contributed by atoms with Gasteiger partial charge in [-0.05, 0) is 0 Å². The topological polar surface area (TPSA) is 72.5 Å². The van der Waals surface area contributed by atoms with Crippen LogP contribution in [0.4, 0.5) is 0 Å². The number of hydrogen-bond acceptors (Lipinski definition) is 3. The average molecular weight is 168 g/mol. The molecule has 0 bridgehead atoms.